The van der Waals surface area contributed by atoms with Gasteiger partial charge in [0.2, 0.25) is 5.95 Å². The molecule has 2 atom stereocenters. The Morgan fingerprint density at radius 2 is 1.52 bits per heavy atom. The van der Waals surface area contributed by atoms with Gasteiger partial charge < -0.3 is 10.1 Å². The van der Waals surface area contributed by atoms with E-state index in [4.69, 9.17) is 9.72 Å². The van der Waals surface area contributed by atoms with Gasteiger partial charge in [-0.1, -0.05) is 54.6 Å². The lowest BCUT2D eigenvalue weighted by Crippen LogP contribution is -2.15. The van der Waals surface area contributed by atoms with Crippen LogP contribution in [0.5, 0.6) is 5.75 Å². The van der Waals surface area contributed by atoms with E-state index in [1.807, 2.05) is 37.4 Å². The van der Waals surface area contributed by atoms with E-state index in [-0.39, 0.29) is 12.0 Å². The van der Waals surface area contributed by atoms with Gasteiger partial charge in [-0.3, -0.25) is 0 Å². The molecule has 0 saturated carbocycles. The summed E-state index contributed by atoms with van der Waals surface area (Å²) in [5.74, 6) is 2.99. The van der Waals surface area contributed by atoms with Crippen LogP contribution in [0.2, 0.25) is 0 Å². The molecule has 3 aromatic carbocycles. The van der Waals surface area contributed by atoms with Crippen LogP contribution in [0.25, 0.3) is 33.5 Å². The van der Waals surface area contributed by atoms with E-state index in [1.165, 1.54) is 10.9 Å². The molecule has 1 aliphatic heterocycles. The summed E-state index contributed by atoms with van der Waals surface area (Å²) in [5.41, 5.74) is 3.08. The second kappa shape index (κ2) is 7.06. The predicted octanol–water partition coefficient (Wildman–Crippen LogP) is 5.37. The van der Waals surface area contributed by atoms with E-state index in [0.29, 0.717) is 17.6 Å². The smallest absolute Gasteiger partial charge is 0.226 e. The van der Waals surface area contributed by atoms with Crippen molar-refractivity contribution < 1.29 is 4.74 Å². The average molecular weight is 404 g/mol. The van der Waals surface area contributed by atoms with Crippen LogP contribution >= 0.6 is 0 Å². The molecule has 1 aliphatic carbocycles. The highest BCUT2D eigenvalue weighted by molar-refractivity contribution is 5.86. The summed E-state index contributed by atoms with van der Waals surface area (Å²) in [4.78, 5) is 14.1. The Morgan fingerprint density at radius 1 is 0.774 bits per heavy atom. The van der Waals surface area contributed by atoms with E-state index in [1.54, 1.807) is 0 Å². The third-order valence-electron chi connectivity index (χ3n) is 5.84. The van der Waals surface area contributed by atoms with Crippen LogP contribution in [0.1, 0.15) is 11.5 Å². The van der Waals surface area contributed by atoms with Gasteiger partial charge in [0.15, 0.2) is 11.6 Å². The van der Waals surface area contributed by atoms with Crippen LogP contribution < -0.4 is 10.1 Å². The van der Waals surface area contributed by atoms with Crippen molar-refractivity contribution >= 4 is 16.7 Å². The summed E-state index contributed by atoms with van der Waals surface area (Å²) < 4.78 is 6.08. The summed E-state index contributed by atoms with van der Waals surface area (Å²) in [5, 5.41) is 5.42. The molecule has 0 radical (unpaired) electrons. The average Bonchev–Trinajstić information content (AvgIpc) is 3.21. The molecular formula is C26H20N4O. The van der Waals surface area contributed by atoms with Crippen molar-refractivity contribution in [1.82, 2.24) is 15.0 Å². The quantitative estimate of drug-likeness (QED) is 0.497. The number of ether oxygens (including phenoxy) is 1. The number of fused-ring (bicyclic) bond motifs is 4. The molecule has 31 heavy (non-hydrogen) atoms. The lowest BCUT2D eigenvalue weighted by molar-refractivity contribution is 0.269. The van der Waals surface area contributed by atoms with Crippen LogP contribution in [-0.2, 0) is 0 Å². The zero-order valence-electron chi connectivity index (χ0n) is 17.0. The molecule has 6 rings (SSSR count). The lowest BCUT2D eigenvalue weighted by atomic mass is 9.91. The third kappa shape index (κ3) is 3.06. The maximum Gasteiger partial charge on any atom is 0.226 e. The Morgan fingerprint density at radius 3 is 2.35 bits per heavy atom. The first-order valence-corrected chi connectivity index (χ1v) is 10.4. The highest BCUT2D eigenvalue weighted by Crippen LogP contribution is 2.42. The van der Waals surface area contributed by atoms with Crippen molar-refractivity contribution in [2.75, 3.05) is 12.4 Å². The summed E-state index contributed by atoms with van der Waals surface area (Å²) >= 11 is 0. The standard InChI is InChI=1S/C26H20N4O/c1-27-26-29-24(18-11-10-16-6-2-3-7-17(16)14-18)28-25(30-26)19-12-13-23-21(15-19)20-8-4-5-9-22(20)31-23/h2-15,20,22H,1H3,(H,27,28,29,30). The van der Waals surface area contributed by atoms with E-state index >= 15 is 0 Å². The van der Waals surface area contributed by atoms with Crippen LogP contribution in [0.4, 0.5) is 5.95 Å². The van der Waals surface area contributed by atoms with Crippen molar-refractivity contribution in [3.8, 4) is 28.5 Å². The molecule has 0 fully saturated rings. The predicted molar refractivity (Wildman–Crippen MR) is 123 cm³/mol. The first kappa shape index (κ1) is 17.8. The van der Waals surface area contributed by atoms with Crippen molar-refractivity contribution in [2.45, 2.75) is 12.0 Å². The van der Waals surface area contributed by atoms with Gasteiger partial charge in [-0.2, -0.15) is 9.97 Å². The first-order chi connectivity index (χ1) is 15.3. The van der Waals surface area contributed by atoms with Gasteiger partial charge >= 0.3 is 0 Å². The number of hydrogen-bond acceptors (Lipinski definition) is 5. The number of hydrogen-bond donors (Lipinski definition) is 1. The number of nitrogens with zero attached hydrogens (tertiary/aromatic N) is 3. The Balaban J connectivity index is 1.45. The van der Waals surface area contributed by atoms with Crippen molar-refractivity contribution in [1.29, 1.82) is 0 Å². The molecule has 1 N–H and O–H groups in total. The van der Waals surface area contributed by atoms with Crippen LogP contribution in [0.15, 0.2) is 85.0 Å². The van der Waals surface area contributed by atoms with Crippen molar-refractivity contribution in [2.24, 2.45) is 0 Å². The fraction of sp³-hybridized carbons (Fsp3) is 0.115. The molecule has 0 spiro atoms. The molecule has 150 valence electrons. The van der Waals surface area contributed by atoms with Gasteiger partial charge in [0.05, 0.1) is 0 Å². The Hall–Kier alpha value is -3.99. The lowest BCUT2D eigenvalue weighted by Gasteiger charge is -2.14. The largest absolute Gasteiger partial charge is 0.485 e. The fourth-order valence-corrected chi connectivity index (χ4v) is 4.26. The summed E-state index contributed by atoms with van der Waals surface area (Å²) in [6.07, 6.45) is 8.47. The summed E-state index contributed by atoms with van der Waals surface area (Å²) in [7, 11) is 1.82. The van der Waals surface area contributed by atoms with E-state index in [2.05, 4.69) is 69.9 Å². The maximum atomic E-state index is 6.08. The van der Waals surface area contributed by atoms with E-state index in [9.17, 15) is 0 Å². The topological polar surface area (TPSA) is 59.9 Å². The molecule has 0 saturated heterocycles. The SMILES string of the molecule is CNc1nc(-c2ccc3c(c2)C2C=CC=CC2O3)nc(-c2ccc3ccccc3c2)n1. The molecule has 4 aromatic rings. The number of anilines is 1. The fourth-order valence-electron chi connectivity index (χ4n) is 4.26. The molecule has 2 aliphatic rings. The van der Waals surface area contributed by atoms with Gasteiger partial charge in [-0.05, 0) is 41.1 Å². The van der Waals surface area contributed by atoms with Crippen LogP contribution in [0, 0.1) is 0 Å². The molecule has 2 heterocycles. The van der Waals surface area contributed by atoms with Gasteiger partial charge in [0.25, 0.3) is 0 Å². The number of nitrogens with one attached hydrogen (secondary N) is 1. The first-order valence-electron chi connectivity index (χ1n) is 10.4. The molecule has 5 nitrogen and oxygen atoms in total. The highest BCUT2D eigenvalue weighted by atomic mass is 16.5. The molecule has 2 unspecified atom stereocenters. The molecule has 0 amide bonds. The summed E-state index contributed by atoms with van der Waals surface area (Å²) in [6, 6.07) is 20.7. The van der Waals surface area contributed by atoms with Gasteiger partial charge in [-0.15, -0.1) is 0 Å². The second-order valence-electron chi connectivity index (χ2n) is 7.75. The molecule has 1 aromatic heterocycles. The maximum absolute atomic E-state index is 6.08. The zero-order valence-corrected chi connectivity index (χ0v) is 17.0. The van der Waals surface area contributed by atoms with Gasteiger partial charge in [0, 0.05) is 29.7 Å². The number of aromatic nitrogens is 3. The molecule has 0 bridgehead atoms. The Labute approximate surface area is 180 Å². The van der Waals surface area contributed by atoms with E-state index in [0.717, 1.165) is 22.3 Å². The second-order valence-corrected chi connectivity index (χ2v) is 7.75. The van der Waals surface area contributed by atoms with Crippen LogP contribution in [-0.4, -0.2) is 28.1 Å². The zero-order chi connectivity index (χ0) is 20.8. The highest BCUT2D eigenvalue weighted by Gasteiger charge is 2.32. The summed E-state index contributed by atoms with van der Waals surface area (Å²) in [6.45, 7) is 0. The van der Waals surface area contributed by atoms with Crippen molar-refractivity contribution in [3.63, 3.8) is 0 Å². The monoisotopic (exact) mass is 404 g/mol. The number of allylic oxidation sites excluding steroid dienone is 2. The Kier molecular flexibility index (Phi) is 4.06. The van der Waals surface area contributed by atoms with Crippen molar-refractivity contribution in [3.05, 3.63) is 90.5 Å². The van der Waals surface area contributed by atoms with E-state index < -0.39 is 0 Å². The Bertz CT molecular complexity index is 1380. The minimum absolute atomic E-state index is 0.0645. The number of benzene rings is 3. The normalized spacial score (nSPS) is 18.5. The van der Waals surface area contributed by atoms with Gasteiger partial charge in [0.1, 0.15) is 11.9 Å². The van der Waals surface area contributed by atoms with Gasteiger partial charge in [-0.25, -0.2) is 4.98 Å². The minimum atomic E-state index is 0.0645. The number of rotatable bonds is 3. The minimum Gasteiger partial charge on any atom is -0.485 e. The van der Waals surface area contributed by atoms with Crippen LogP contribution in [0.3, 0.4) is 0 Å². The molecular weight excluding hydrogens is 384 g/mol. The third-order valence-corrected chi connectivity index (χ3v) is 5.84. The molecule has 5 heteroatoms.